The number of rotatable bonds is 6. The molecule has 2 nitrogen and oxygen atoms in total. The first-order chi connectivity index (χ1) is 7.64. The van der Waals surface area contributed by atoms with E-state index in [2.05, 4.69) is 0 Å². The van der Waals surface area contributed by atoms with Crippen LogP contribution >= 0.6 is 0 Å². The molecule has 0 bridgehead atoms. The SMILES string of the molecule is O=CC(F)(F)/C=C/COCc1ccccc1. The highest BCUT2D eigenvalue weighted by molar-refractivity contribution is 5.62. The van der Waals surface area contributed by atoms with Crippen LogP contribution in [0.4, 0.5) is 8.78 Å². The van der Waals surface area contributed by atoms with E-state index >= 15 is 0 Å². The van der Waals surface area contributed by atoms with E-state index < -0.39 is 12.2 Å². The second-order valence-electron chi connectivity index (χ2n) is 3.20. The first-order valence-corrected chi connectivity index (χ1v) is 4.77. The van der Waals surface area contributed by atoms with Gasteiger partial charge in [0.2, 0.25) is 0 Å². The van der Waals surface area contributed by atoms with Crippen molar-refractivity contribution in [2.24, 2.45) is 0 Å². The van der Waals surface area contributed by atoms with Crippen LogP contribution in [0, 0.1) is 0 Å². The van der Waals surface area contributed by atoms with Gasteiger partial charge in [0.15, 0.2) is 6.29 Å². The number of hydrogen-bond donors (Lipinski definition) is 0. The molecule has 1 aromatic carbocycles. The summed E-state index contributed by atoms with van der Waals surface area (Å²) in [5.74, 6) is -3.39. The largest absolute Gasteiger partial charge is 0.373 e. The Balaban J connectivity index is 2.25. The van der Waals surface area contributed by atoms with E-state index in [1.54, 1.807) is 0 Å². The number of carbonyl (C=O) groups excluding carboxylic acids is 1. The Morgan fingerprint density at radius 3 is 2.56 bits per heavy atom. The van der Waals surface area contributed by atoms with Crippen LogP contribution in [-0.4, -0.2) is 18.8 Å². The van der Waals surface area contributed by atoms with Crippen molar-refractivity contribution in [2.45, 2.75) is 12.5 Å². The van der Waals surface area contributed by atoms with Crippen LogP contribution in [0.2, 0.25) is 0 Å². The summed E-state index contributed by atoms with van der Waals surface area (Å²) in [5, 5.41) is 0. The summed E-state index contributed by atoms with van der Waals surface area (Å²) < 4.78 is 29.9. The van der Waals surface area contributed by atoms with Gasteiger partial charge in [-0.2, -0.15) is 8.78 Å². The Morgan fingerprint density at radius 2 is 1.94 bits per heavy atom. The monoisotopic (exact) mass is 226 g/mol. The zero-order valence-corrected chi connectivity index (χ0v) is 8.61. The van der Waals surface area contributed by atoms with Crippen LogP contribution < -0.4 is 0 Å². The second-order valence-corrected chi connectivity index (χ2v) is 3.20. The number of carbonyl (C=O) groups is 1. The predicted octanol–water partition coefficient (Wildman–Crippen LogP) is 2.59. The Labute approximate surface area is 92.5 Å². The topological polar surface area (TPSA) is 26.3 Å². The number of halogens is 2. The number of hydrogen-bond acceptors (Lipinski definition) is 2. The van der Waals surface area contributed by atoms with Gasteiger partial charge in [-0.1, -0.05) is 36.4 Å². The zero-order chi connectivity index (χ0) is 11.9. The van der Waals surface area contributed by atoms with Gasteiger partial charge in [-0.3, -0.25) is 4.79 Å². The number of aldehydes is 1. The standard InChI is InChI=1S/C12H12F2O2/c13-12(14,10-15)7-4-8-16-9-11-5-2-1-3-6-11/h1-7,10H,8-9H2/b7-4+. The minimum Gasteiger partial charge on any atom is -0.373 e. The van der Waals surface area contributed by atoms with E-state index in [0.717, 1.165) is 11.6 Å². The molecule has 1 aromatic rings. The minimum absolute atomic E-state index is 0.0539. The summed E-state index contributed by atoms with van der Waals surface area (Å²) in [4.78, 5) is 9.87. The second kappa shape index (κ2) is 6.12. The fraction of sp³-hybridized carbons (Fsp3) is 0.250. The summed E-state index contributed by atoms with van der Waals surface area (Å²) in [7, 11) is 0. The van der Waals surface area contributed by atoms with Gasteiger partial charge < -0.3 is 4.74 Å². The van der Waals surface area contributed by atoms with E-state index in [4.69, 9.17) is 4.74 Å². The Bertz CT molecular complexity index is 347. The molecule has 0 atom stereocenters. The summed E-state index contributed by atoms with van der Waals surface area (Å²) in [6, 6.07) is 9.38. The van der Waals surface area contributed by atoms with Crippen molar-refractivity contribution in [3.63, 3.8) is 0 Å². The molecule has 0 fully saturated rings. The van der Waals surface area contributed by atoms with Crippen molar-refractivity contribution in [1.29, 1.82) is 0 Å². The van der Waals surface area contributed by atoms with Gasteiger partial charge in [-0.15, -0.1) is 0 Å². The van der Waals surface area contributed by atoms with Crippen LogP contribution in [0.5, 0.6) is 0 Å². The molecule has 0 aliphatic rings. The maximum atomic E-state index is 12.4. The van der Waals surface area contributed by atoms with Crippen LogP contribution in [-0.2, 0) is 16.1 Å². The van der Waals surface area contributed by atoms with Gasteiger partial charge in [0.05, 0.1) is 13.2 Å². The highest BCUT2D eigenvalue weighted by atomic mass is 19.3. The van der Waals surface area contributed by atoms with Crippen molar-refractivity contribution in [1.82, 2.24) is 0 Å². The quantitative estimate of drug-likeness (QED) is 0.423. The molecule has 0 N–H and O–H groups in total. The first-order valence-electron chi connectivity index (χ1n) is 4.77. The molecule has 86 valence electrons. The normalized spacial score (nSPS) is 11.9. The van der Waals surface area contributed by atoms with Crippen molar-refractivity contribution in [3.05, 3.63) is 48.0 Å². The molecule has 0 radical (unpaired) electrons. The molecule has 0 saturated carbocycles. The van der Waals surface area contributed by atoms with Gasteiger partial charge in [-0.05, 0) is 11.6 Å². The Morgan fingerprint density at radius 1 is 1.25 bits per heavy atom. The molecule has 0 heterocycles. The van der Waals surface area contributed by atoms with E-state index in [1.165, 1.54) is 0 Å². The maximum absolute atomic E-state index is 12.4. The number of ether oxygens (including phenoxy) is 1. The fourth-order valence-electron chi connectivity index (χ4n) is 1.06. The van der Waals surface area contributed by atoms with Gasteiger partial charge in [0, 0.05) is 0 Å². The third-order valence-electron chi connectivity index (χ3n) is 1.82. The van der Waals surface area contributed by atoms with Crippen LogP contribution in [0.25, 0.3) is 0 Å². The predicted molar refractivity (Wildman–Crippen MR) is 56.2 cm³/mol. The van der Waals surface area contributed by atoms with Gasteiger partial charge >= 0.3 is 5.92 Å². The highest BCUT2D eigenvalue weighted by Gasteiger charge is 2.22. The van der Waals surface area contributed by atoms with Crippen molar-refractivity contribution >= 4 is 6.29 Å². The summed E-state index contributed by atoms with van der Waals surface area (Å²) >= 11 is 0. The molecule has 0 aromatic heterocycles. The molecule has 0 spiro atoms. The third-order valence-corrected chi connectivity index (χ3v) is 1.82. The number of benzene rings is 1. The van der Waals surface area contributed by atoms with Gasteiger partial charge in [-0.25, -0.2) is 0 Å². The van der Waals surface area contributed by atoms with Crippen LogP contribution in [0.1, 0.15) is 5.56 Å². The number of allylic oxidation sites excluding steroid dienone is 1. The molecule has 0 amide bonds. The van der Waals surface area contributed by atoms with Crippen molar-refractivity contribution in [3.8, 4) is 0 Å². The van der Waals surface area contributed by atoms with Crippen LogP contribution in [0.3, 0.4) is 0 Å². The molecule has 0 saturated heterocycles. The van der Waals surface area contributed by atoms with Crippen LogP contribution in [0.15, 0.2) is 42.5 Å². The lowest BCUT2D eigenvalue weighted by Crippen LogP contribution is -2.13. The average Bonchev–Trinajstić information content (AvgIpc) is 2.30. The molecule has 0 unspecified atom stereocenters. The summed E-state index contributed by atoms with van der Waals surface area (Å²) in [6.45, 7) is 0.413. The molecular weight excluding hydrogens is 214 g/mol. The molecule has 16 heavy (non-hydrogen) atoms. The van der Waals surface area contributed by atoms with E-state index in [1.807, 2.05) is 30.3 Å². The van der Waals surface area contributed by atoms with Gasteiger partial charge in [0.1, 0.15) is 0 Å². The zero-order valence-electron chi connectivity index (χ0n) is 8.61. The molecule has 1 rings (SSSR count). The Hall–Kier alpha value is -1.55. The third kappa shape index (κ3) is 4.79. The highest BCUT2D eigenvalue weighted by Crippen LogP contribution is 2.10. The lowest BCUT2D eigenvalue weighted by Gasteiger charge is -2.02. The lowest BCUT2D eigenvalue weighted by atomic mass is 10.2. The van der Waals surface area contributed by atoms with E-state index in [9.17, 15) is 13.6 Å². The summed E-state index contributed by atoms with van der Waals surface area (Å²) in [6.07, 6.45) is 1.27. The molecular formula is C12H12F2O2. The maximum Gasteiger partial charge on any atom is 0.320 e. The molecule has 0 aliphatic carbocycles. The average molecular weight is 226 g/mol. The van der Waals surface area contributed by atoms with Crippen molar-refractivity contribution < 1.29 is 18.3 Å². The fourth-order valence-corrected chi connectivity index (χ4v) is 1.06. The number of alkyl halides is 2. The smallest absolute Gasteiger partial charge is 0.320 e. The van der Waals surface area contributed by atoms with Crippen molar-refractivity contribution in [2.75, 3.05) is 6.61 Å². The van der Waals surface area contributed by atoms with E-state index in [-0.39, 0.29) is 6.61 Å². The lowest BCUT2D eigenvalue weighted by molar-refractivity contribution is -0.123. The first kappa shape index (κ1) is 12.5. The van der Waals surface area contributed by atoms with Gasteiger partial charge in [0.25, 0.3) is 0 Å². The molecule has 4 heteroatoms. The Kier molecular flexibility index (Phi) is 4.79. The molecule has 0 aliphatic heterocycles. The minimum atomic E-state index is -3.39. The van der Waals surface area contributed by atoms with E-state index in [0.29, 0.717) is 12.7 Å². The summed E-state index contributed by atoms with van der Waals surface area (Å²) in [5.41, 5.74) is 0.970.